The van der Waals surface area contributed by atoms with E-state index in [9.17, 15) is 9.59 Å². The highest BCUT2D eigenvalue weighted by atomic mass is 16.5. The highest BCUT2D eigenvalue weighted by Gasteiger charge is 2.10. The molecule has 3 aromatic carbocycles. The summed E-state index contributed by atoms with van der Waals surface area (Å²) in [6, 6.07) is 25.4. The van der Waals surface area contributed by atoms with E-state index >= 15 is 0 Å². The number of nitrogens with one attached hydrogen (secondary N) is 1. The Hall–Kier alpha value is -3.60. The van der Waals surface area contributed by atoms with Gasteiger partial charge in [0.1, 0.15) is 24.7 Å². The summed E-state index contributed by atoms with van der Waals surface area (Å²) in [7, 11) is 0. The first kappa shape index (κ1) is 18.2. The maximum Gasteiger partial charge on any atom is 0.325 e. The lowest BCUT2D eigenvalue weighted by molar-refractivity contribution is -0.143. The molecule has 0 spiro atoms. The Morgan fingerprint density at radius 3 is 2.19 bits per heavy atom. The monoisotopic (exact) mass is 361 g/mol. The molecule has 3 rings (SSSR count). The van der Waals surface area contributed by atoms with Crippen molar-refractivity contribution in [1.82, 2.24) is 5.32 Å². The fraction of sp³-hybridized carbons (Fsp3) is 0.0909. The van der Waals surface area contributed by atoms with Gasteiger partial charge in [0.15, 0.2) is 0 Å². The molecule has 0 radical (unpaired) electrons. The zero-order valence-corrected chi connectivity index (χ0v) is 14.6. The van der Waals surface area contributed by atoms with Crippen molar-refractivity contribution in [2.45, 2.75) is 6.61 Å². The first-order valence-electron chi connectivity index (χ1n) is 8.51. The predicted molar refractivity (Wildman–Crippen MR) is 102 cm³/mol. The molecule has 0 aromatic heterocycles. The highest BCUT2D eigenvalue weighted by molar-refractivity contribution is 5.96. The number of hydrogen-bond acceptors (Lipinski definition) is 4. The first-order valence-corrected chi connectivity index (χ1v) is 8.51. The van der Waals surface area contributed by atoms with Crippen molar-refractivity contribution in [3.05, 3.63) is 96.1 Å². The fourth-order valence-corrected chi connectivity index (χ4v) is 2.37. The molecule has 0 saturated heterocycles. The largest absolute Gasteiger partial charge is 0.460 e. The Kier molecular flexibility index (Phi) is 6.20. The number of rotatable bonds is 7. The Labute approximate surface area is 157 Å². The summed E-state index contributed by atoms with van der Waals surface area (Å²) < 4.78 is 10.8. The zero-order chi connectivity index (χ0) is 18.9. The van der Waals surface area contributed by atoms with Crippen LogP contribution in [0.15, 0.2) is 84.9 Å². The second kappa shape index (κ2) is 9.20. The molecule has 0 bridgehead atoms. The van der Waals surface area contributed by atoms with Crippen LogP contribution in [-0.2, 0) is 16.1 Å². The van der Waals surface area contributed by atoms with Crippen molar-refractivity contribution in [1.29, 1.82) is 0 Å². The maximum absolute atomic E-state index is 12.3. The standard InChI is InChI=1S/C22H19NO4/c24-21(26-16-17-8-3-1-4-9-17)15-23-22(25)18-10-7-13-20(14-18)27-19-11-5-2-6-12-19/h1-14H,15-16H2,(H,23,25). The maximum atomic E-state index is 12.3. The van der Waals surface area contributed by atoms with Gasteiger partial charge in [-0.3, -0.25) is 9.59 Å². The van der Waals surface area contributed by atoms with Crippen LogP contribution in [0.1, 0.15) is 15.9 Å². The Bertz CT molecular complexity index is 894. The van der Waals surface area contributed by atoms with E-state index in [2.05, 4.69) is 5.32 Å². The molecule has 0 aliphatic heterocycles. The third-order valence-electron chi connectivity index (χ3n) is 3.71. The van der Waals surface area contributed by atoms with Gasteiger partial charge in [0, 0.05) is 5.56 Å². The number of benzene rings is 3. The van der Waals surface area contributed by atoms with Crippen LogP contribution >= 0.6 is 0 Å². The van der Waals surface area contributed by atoms with E-state index in [0.717, 1.165) is 5.56 Å². The second-order valence-electron chi connectivity index (χ2n) is 5.77. The molecule has 0 fully saturated rings. The van der Waals surface area contributed by atoms with E-state index in [-0.39, 0.29) is 19.1 Å². The van der Waals surface area contributed by atoms with E-state index < -0.39 is 5.97 Å². The molecular weight excluding hydrogens is 342 g/mol. The molecule has 1 amide bonds. The molecule has 1 N–H and O–H groups in total. The van der Waals surface area contributed by atoms with Crippen LogP contribution in [0.3, 0.4) is 0 Å². The lowest BCUT2D eigenvalue weighted by Crippen LogP contribution is -2.30. The Morgan fingerprint density at radius 1 is 0.778 bits per heavy atom. The van der Waals surface area contributed by atoms with E-state index in [0.29, 0.717) is 17.1 Å². The molecule has 27 heavy (non-hydrogen) atoms. The molecule has 0 saturated carbocycles. The predicted octanol–water partition coefficient (Wildman–Crippen LogP) is 3.95. The first-order chi connectivity index (χ1) is 13.2. The van der Waals surface area contributed by atoms with Crippen LogP contribution in [0.4, 0.5) is 0 Å². The van der Waals surface area contributed by atoms with Gasteiger partial charge in [0.25, 0.3) is 5.91 Å². The van der Waals surface area contributed by atoms with Gasteiger partial charge in [-0.25, -0.2) is 0 Å². The van der Waals surface area contributed by atoms with Gasteiger partial charge in [-0.15, -0.1) is 0 Å². The van der Waals surface area contributed by atoms with Crippen molar-refractivity contribution in [2.24, 2.45) is 0 Å². The summed E-state index contributed by atoms with van der Waals surface area (Å²) >= 11 is 0. The lowest BCUT2D eigenvalue weighted by Gasteiger charge is -2.09. The summed E-state index contributed by atoms with van der Waals surface area (Å²) in [6.07, 6.45) is 0. The molecule has 0 heterocycles. The number of ether oxygens (including phenoxy) is 2. The summed E-state index contributed by atoms with van der Waals surface area (Å²) in [5.41, 5.74) is 1.29. The normalized spacial score (nSPS) is 10.1. The molecule has 0 unspecified atom stereocenters. The summed E-state index contributed by atoms with van der Waals surface area (Å²) in [5.74, 6) is 0.356. The van der Waals surface area contributed by atoms with Gasteiger partial charge >= 0.3 is 5.97 Å². The molecule has 0 aliphatic carbocycles. The van der Waals surface area contributed by atoms with Gasteiger partial charge in [0.2, 0.25) is 0 Å². The number of para-hydroxylation sites is 1. The number of amides is 1. The minimum absolute atomic E-state index is 0.177. The third-order valence-corrected chi connectivity index (χ3v) is 3.71. The zero-order valence-electron chi connectivity index (χ0n) is 14.6. The third kappa shape index (κ3) is 5.71. The summed E-state index contributed by atoms with van der Waals surface area (Å²) in [4.78, 5) is 24.1. The van der Waals surface area contributed by atoms with E-state index in [1.165, 1.54) is 0 Å². The van der Waals surface area contributed by atoms with Crippen molar-refractivity contribution < 1.29 is 19.1 Å². The number of carbonyl (C=O) groups excluding carboxylic acids is 2. The topological polar surface area (TPSA) is 64.6 Å². The van der Waals surface area contributed by atoms with Crippen LogP contribution in [0, 0.1) is 0 Å². The second-order valence-corrected chi connectivity index (χ2v) is 5.77. The number of hydrogen-bond donors (Lipinski definition) is 1. The van der Waals surface area contributed by atoms with E-state index in [1.54, 1.807) is 24.3 Å². The van der Waals surface area contributed by atoms with Crippen LogP contribution in [0.2, 0.25) is 0 Å². The van der Waals surface area contributed by atoms with Gasteiger partial charge in [0.05, 0.1) is 0 Å². The highest BCUT2D eigenvalue weighted by Crippen LogP contribution is 2.21. The van der Waals surface area contributed by atoms with Crippen molar-refractivity contribution >= 4 is 11.9 Å². The molecule has 0 atom stereocenters. The average molecular weight is 361 g/mol. The lowest BCUT2D eigenvalue weighted by atomic mass is 10.2. The Morgan fingerprint density at radius 2 is 1.44 bits per heavy atom. The molecule has 5 heteroatoms. The van der Waals surface area contributed by atoms with Gasteiger partial charge < -0.3 is 14.8 Å². The minimum Gasteiger partial charge on any atom is -0.460 e. The van der Waals surface area contributed by atoms with E-state index in [1.807, 2.05) is 60.7 Å². The Balaban J connectivity index is 1.50. The summed E-state index contributed by atoms with van der Waals surface area (Å²) in [5, 5.41) is 2.56. The van der Waals surface area contributed by atoms with Crippen LogP contribution in [-0.4, -0.2) is 18.4 Å². The van der Waals surface area contributed by atoms with Crippen LogP contribution in [0.25, 0.3) is 0 Å². The molecule has 5 nitrogen and oxygen atoms in total. The van der Waals surface area contributed by atoms with Crippen molar-refractivity contribution in [3.63, 3.8) is 0 Å². The molecule has 0 aliphatic rings. The average Bonchev–Trinajstić information content (AvgIpc) is 2.72. The molecule has 3 aromatic rings. The van der Waals surface area contributed by atoms with Gasteiger partial charge in [-0.05, 0) is 35.9 Å². The smallest absolute Gasteiger partial charge is 0.325 e. The van der Waals surface area contributed by atoms with Gasteiger partial charge in [-0.1, -0.05) is 54.6 Å². The quantitative estimate of drug-likeness (QED) is 0.647. The minimum atomic E-state index is -0.496. The van der Waals surface area contributed by atoms with Crippen LogP contribution < -0.4 is 10.1 Å². The molecular formula is C22H19NO4. The van der Waals surface area contributed by atoms with Gasteiger partial charge in [-0.2, -0.15) is 0 Å². The fourth-order valence-electron chi connectivity index (χ4n) is 2.37. The summed E-state index contributed by atoms with van der Waals surface area (Å²) in [6.45, 7) is -0.0224. The van der Waals surface area contributed by atoms with E-state index in [4.69, 9.17) is 9.47 Å². The van der Waals surface area contributed by atoms with Crippen molar-refractivity contribution in [3.8, 4) is 11.5 Å². The number of esters is 1. The SMILES string of the molecule is O=C(CNC(=O)c1cccc(Oc2ccccc2)c1)OCc1ccccc1. The van der Waals surface area contributed by atoms with Crippen LogP contribution in [0.5, 0.6) is 11.5 Å². The van der Waals surface area contributed by atoms with Crippen molar-refractivity contribution in [2.75, 3.05) is 6.54 Å². The molecule has 136 valence electrons. The number of carbonyl (C=O) groups is 2.